The Morgan fingerprint density at radius 2 is 1.74 bits per heavy atom. The zero-order valence-electron chi connectivity index (χ0n) is 22.5. The molecule has 216 valence electrons. The van der Waals surface area contributed by atoms with Crippen molar-refractivity contribution < 1.29 is 19.1 Å². The Kier molecular flexibility index (Phi) is 9.73. The molecule has 5 rings (SSSR count). The SMILES string of the molecule is COC1CC(Cl)CCC1C(=O)N1CC2NC(NC(=O)C3CNC(C)CC3C3CC(Cl)NCC3OC)SC2C1. The molecule has 9 nitrogen and oxygen atoms in total. The first-order valence-corrected chi connectivity index (χ1v) is 15.9. The lowest BCUT2D eigenvalue weighted by Crippen LogP contribution is -2.57. The quantitative estimate of drug-likeness (QED) is 0.272. The van der Waals surface area contributed by atoms with Crippen LogP contribution in [0.4, 0.5) is 0 Å². The van der Waals surface area contributed by atoms with Gasteiger partial charge in [0, 0.05) is 63.1 Å². The summed E-state index contributed by atoms with van der Waals surface area (Å²) in [6.45, 7) is 4.90. The van der Waals surface area contributed by atoms with E-state index in [0.717, 1.165) is 32.1 Å². The van der Waals surface area contributed by atoms with Gasteiger partial charge in [-0.1, -0.05) is 0 Å². The minimum Gasteiger partial charge on any atom is -0.381 e. The molecule has 0 bridgehead atoms. The van der Waals surface area contributed by atoms with Crippen LogP contribution in [-0.4, -0.2) is 103 Å². The first-order valence-electron chi connectivity index (χ1n) is 14.1. The second-order valence-electron chi connectivity index (χ2n) is 11.7. The molecule has 4 heterocycles. The fourth-order valence-corrected chi connectivity index (χ4v) is 9.31. The number of likely N-dealkylation sites (tertiary alicyclic amines) is 1. The van der Waals surface area contributed by atoms with Crippen molar-refractivity contribution in [3.05, 3.63) is 0 Å². The van der Waals surface area contributed by atoms with Crippen molar-refractivity contribution in [2.75, 3.05) is 40.4 Å². The molecule has 12 unspecified atom stereocenters. The summed E-state index contributed by atoms with van der Waals surface area (Å²) in [7, 11) is 3.42. The molecule has 0 aromatic rings. The molecule has 0 aromatic carbocycles. The van der Waals surface area contributed by atoms with Crippen molar-refractivity contribution in [1.29, 1.82) is 0 Å². The number of methoxy groups -OCH3 is 2. The number of halogens is 2. The number of rotatable bonds is 6. The third-order valence-corrected chi connectivity index (χ3v) is 11.5. The Morgan fingerprint density at radius 3 is 2.47 bits per heavy atom. The maximum Gasteiger partial charge on any atom is 0.228 e. The van der Waals surface area contributed by atoms with Crippen LogP contribution in [0.2, 0.25) is 0 Å². The Balaban J connectivity index is 1.16. The highest BCUT2D eigenvalue weighted by atomic mass is 35.5. The van der Waals surface area contributed by atoms with Gasteiger partial charge in [0.2, 0.25) is 11.8 Å². The normalized spacial score (nSPS) is 45.6. The number of alkyl halides is 2. The standard InChI is InChI=1S/C26H43Cl2N5O4S/c1-13-6-16(17-8-23(28)30-10-21(17)37-3)18(9-29-13)24(34)32-26-31-19-11-33(12-22(19)38-26)25(35)15-5-4-14(27)7-20(15)36-2/h13-23,26,29-31H,4-12H2,1-3H3,(H,32,34). The highest BCUT2D eigenvalue weighted by Crippen LogP contribution is 2.39. The minimum absolute atomic E-state index is 0.0506. The third-order valence-electron chi connectivity index (χ3n) is 9.39. The monoisotopic (exact) mass is 591 g/mol. The van der Waals surface area contributed by atoms with Gasteiger partial charge in [0.15, 0.2) is 0 Å². The summed E-state index contributed by atoms with van der Waals surface area (Å²) >= 11 is 14.5. The van der Waals surface area contributed by atoms with Crippen LogP contribution in [0.15, 0.2) is 0 Å². The van der Waals surface area contributed by atoms with Crippen molar-refractivity contribution in [3.63, 3.8) is 0 Å². The molecule has 4 saturated heterocycles. The summed E-state index contributed by atoms with van der Waals surface area (Å²) in [4.78, 5) is 28.9. The van der Waals surface area contributed by atoms with Gasteiger partial charge in [0.1, 0.15) is 5.50 Å². The molecule has 0 spiro atoms. The zero-order valence-corrected chi connectivity index (χ0v) is 24.9. The van der Waals surface area contributed by atoms with E-state index < -0.39 is 0 Å². The van der Waals surface area contributed by atoms with Crippen molar-refractivity contribution in [2.45, 2.75) is 84.9 Å². The summed E-state index contributed by atoms with van der Waals surface area (Å²) in [5, 5.41) is 14.0. The number of hydrogen-bond acceptors (Lipinski definition) is 8. The molecule has 0 aromatic heterocycles. The number of nitrogens with one attached hydrogen (secondary N) is 4. The molecule has 2 amide bonds. The molecule has 5 fully saturated rings. The Labute approximate surface area is 240 Å². The molecule has 5 aliphatic rings. The molecular formula is C26H43Cl2N5O4S. The second kappa shape index (κ2) is 12.7. The first kappa shape index (κ1) is 29.2. The van der Waals surface area contributed by atoms with E-state index in [4.69, 9.17) is 32.7 Å². The van der Waals surface area contributed by atoms with Crippen LogP contribution in [0.5, 0.6) is 0 Å². The van der Waals surface area contributed by atoms with Gasteiger partial charge in [-0.25, -0.2) is 0 Å². The van der Waals surface area contributed by atoms with Crippen LogP contribution >= 0.6 is 35.0 Å². The van der Waals surface area contributed by atoms with Crippen molar-refractivity contribution in [2.24, 2.45) is 23.7 Å². The molecule has 38 heavy (non-hydrogen) atoms. The minimum atomic E-state index is -0.153. The van der Waals surface area contributed by atoms with Gasteiger partial charge in [-0.05, 0) is 50.9 Å². The number of piperidine rings is 2. The summed E-state index contributed by atoms with van der Waals surface area (Å²) in [5.41, 5.74) is -0.248. The average Bonchev–Trinajstić information content (AvgIpc) is 3.47. The van der Waals surface area contributed by atoms with Crippen LogP contribution in [0.1, 0.15) is 39.0 Å². The summed E-state index contributed by atoms with van der Waals surface area (Å²) < 4.78 is 11.4. The molecule has 4 N–H and O–H groups in total. The van der Waals surface area contributed by atoms with E-state index in [1.54, 1.807) is 26.0 Å². The fraction of sp³-hybridized carbons (Fsp3) is 0.923. The molecule has 12 heteroatoms. The van der Waals surface area contributed by atoms with E-state index >= 15 is 0 Å². The van der Waals surface area contributed by atoms with E-state index in [2.05, 4.69) is 28.2 Å². The smallest absolute Gasteiger partial charge is 0.228 e. The molecule has 0 radical (unpaired) electrons. The number of carbonyl (C=O) groups is 2. The lowest BCUT2D eigenvalue weighted by Gasteiger charge is -2.45. The van der Waals surface area contributed by atoms with E-state index in [0.29, 0.717) is 32.2 Å². The lowest BCUT2D eigenvalue weighted by molar-refractivity contribution is -0.141. The zero-order chi connectivity index (χ0) is 27.0. The van der Waals surface area contributed by atoms with Gasteiger partial charge in [0.05, 0.1) is 29.5 Å². The van der Waals surface area contributed by atoms with Gasteiger partial charge in [0.25, 0.3) is 0 Å². The Hall–Kier alpha value is -0.330. The number of fused-ring (bicyclic) bond motifs is 1. The van der Waals surface area contributed by atoms with Crippen LogP contribution < -0.4 is 21.3 Å². The van der Waals surface area contributed by atoms with Crippen LogP contribution in [0.3, 0.4) is 0 Å². The van der Waals surface area contributed by atoms with Gasteiger partial charge < -0.3 is 25.0 Å². The molecule has 1 aliphatic carbocycles. The summed E-state index contributed by atoms with van der Waals surface area (Å²) in [6, 6.07) is 0.517. The Bertz CT molecular complexity index is 846. The summed E-state index contributed by atoms with van der Waals surface area (Å²) in [5.74, 6) is 0.431. The number of thioether (sulfide) groups is 1. The number of hydrogen-bond donors (Lipinski definition) is 4. The van der Waals surface area contributed by atoms with Crippen LogP contribution in [-0.2, 0) is 19.1 Å². The lowest BCUT2D eigenvalue weighted by atomic mass is 9.70. The highest BCUT2D eigenvalue weighted by molar-refractivity contribution is 8.00. The molecule has 1 saturated carbocycles. The number of ether oxygens (including phenoxy) is 2. The largest absolute Gasteiger partial charge is 0.381 e. The van der Waals surface area contributed by atoms with E-state index in [1.165, 1.54) is 0 Å². The van der Waals surface area contributed by atoms with Gasteiger partial charge >= 0.3 is 0 Å². The van der Waals surface area contributed by atoms with Crippen molar-refractivity contribution in [1.82, 2.24) is 26.2 Å². The van der Waals surface area contributed by atoms with Crippen molar-refractivity contribution >= 4 is 46.8 Å². The molecule has 4 aliphatic heterocycles. The predicted molar refractivity (Wildman–Crippen MR) is 150 cm³/mol. The van der Waals surface area contributed by atoms with Crippen molar-refractivity contribution in [3.8, 4) is 0 Å². The maximum absolute atomic E-state index is 13.6. The Morgan fingerprint density at radius 1 is 0.947 bits per heavy atom. The van der Waals surface area contributed by atoms with Crippen LogP contribution in [0.25, 0.3) is 0 Å². The predicted octanol–water partition coefficient (Wildman–Crippen LogP) is 1.53. The van der Waals surface area contributed by atoms with E-state index in [9.17, 15) is 9.59 Å². The highest BCUT2D eigenvalue weighted by Gasteiger charge is 2.48. The average molecular weight is 593 g/mol. The second-order valence-corrected chi connectivity index (χ2v) is 14.2. The maximum atomic E-state index is 13.6. The number of amides is 2. The third kappa shape index (κ3) is 6.27. The number of carbonyl (C=O) groups excluding carboxylic acids is 2. The van der Waals surface area contributed by atoms with Gasteiger partial charge in [-0.15, -0.1) is 35.0 Å². The van der Waals surface area contributed by atoms with E-state index in [-0.39, 0.29) is 75.4 Å². The molecule has 12 atom stereocenters. The van der Waals surface area contributed by atoms with E-state index in [1.807, 2.05) is 4.90 Å². The summed E-state index contributed by atoms with van der Waals surface area (Å²) in [6.07, 6.45) is 4.00. The van der Waals surface area contributed by atoms with Crippen LogP contribution in [0, 0.1) is 23.7 Å². The molecular weight excluding hydrogens is 549 g/mol. The fourth-order valence-electron chi connectivity index (χ4n) is 7.30. The number of nitrogens with zero attached hydrogens (tertiary/aromatic N) is 1. The first-order chi connectivity index (χ1) is 18.3. The van der Waals surface area contributed by atoms with Gasteiger partial charge in [-0.2, -0.15) is 0 Å². The van der Waals surface area contributed by atoms with Gasteiger partial charge in [-0.3, -0.25) is 20.2 Å². The topological polar surface area (TPSA) is 104 Å².